The molecule has 2 rings (SSSR count). The minimum atomic E-state index is -1.35. The predicted octanol–water partition coefficient (Wildman–Crippen LogP) is 2.65. The Morgan fingerprint density at radius 1 is 1.21 bits per heavy atom. The van der Waals surface area contributed by atoms with E-state index in [9.17, 15) is 24.8 Å². The van der Waals surface area contributed by atoms with Crippen molar-refractivity contribution in [3.8, 4) is 5.75 Å². The van der Waals surface area contributed by atoms with Gasteiger partial charge in [0.1, 0.15) is 10.8 Å². The zero-order chi connectivity index (χ0) is 20.7. The normalized spacial score (nSPS) is 11.5. The van der Waals surface area contributed by atoms with E-state index in [0.29, 0.717) is 17.9 Å². The van der Waals surface area contributed by atoms with Crippen LogP contribution in [-0.4, -0.2) is 23.4 Å². The Labute approximate surface area is 166 Å². The third-order valence-corrected chi connectivity index (χ3v) is 4.16. The van der Waals surface area contributed by atoms with Gasteiger partial charge in [-0.25, -0.2) is 0 Å². The molecule has 0 aromatic heterocycles. The summed E-state index contributed by atoms with van der Waals surface area (Å²) in [6.45, 7) is 2.52. The van der Waals surface area contributed by atoms with Gasteiger partial charge in [-0.05, 0) is 36.2 Å². The molecular weight excluding hydrogens is 388 g/mol. The van der Waals surface area contributed by atoms with E-state index >= 15 is 0 Å². The molecule has 9 heteroatoms. The maximum absolute atomic E-state index is 12.5. The molecule has 0 unspecified atom stereocenters. The molecule has 0 aliphatic heterocycles. The second-order valence-electron chi connectivity index (χ2n) is 5.94. The van der Waals surface area contributed by atoms with Crippen LogP contribution in [0.15, 0.2) is 42.5 Å². The Bertz CT molecular complexity index is 869. The number of rotatable bonds is 9. The number of carboxylic acids is 1. The second kappa shape index (κ2) is 9.70. The summed E-state index contributed by atoms with van der Waals surface area (Å²) in [4.78, 5) is 33.9. The molecule has 0 fully saturated rings. The summed E-state index contributed by atoms with van der Waals surface area (Å²) in [5.41, 5.74) is 0.107. The zero-order valence-corrected chi connectivity index (χ0v) is 15.8. The number of carboxylic acid groups (broad SMARTS) is 1. The number of aliphatic carboxylic acids is 1. The van der Waals surface area contributed by atoms with Crippen LogP contribution in [0.1, 0.15) is 41.7 Å². The summed E-state index contributed by atoms with van der Waals surface area (Å²) in [5, 5.41) is 24.5. The van der Waals surface area contributed by atoms with E-state index in [1.165, 1.54) is 12.1 Å². The first kappa shape index (κ1) is 21.2. The number of amides is 1. The van der Waals surface area contributed by atoms with Gasteiger partial charge in [-0.1, -0.05) is 30.7 Å². The van der Waals surface area contributed by atoms with Crippen molar-refractivity contribution < 1.29 is 24.4 Å². The molecule has 2 aromatic carbocycles. The molecule has 28 heavy (non-hydrogen) atoms. The summed E-state index contributed by atoms with van der Waals surface area (Å²) in [6.07, 6.45) is 0.384. The SMILES string of the molecule is CCCOc1ccc([C@@H](CC(=O)[O-])NC(=O)c2ccc(Cl)c([N+](=O)[O-])c2)cc1. The van der Waals surface area contributed by atoms with Crippen LogP contribution in [0.3, 0.4) is 0 Å². The molecule has 0 bridgehead atoms. The van der Waals surface area contributed by atoms with Gasteiger partial charge < -0.3 is 20.0 Å². The topological polar surface area (TPSA) is 122 Å². The number of hydrogen-bond acceptors (Lipinski definition) is 6. The molecule has 0 saturated carbocycles. The highest BCUT2D eigenvalue weighted by Gasteiger charge is 2.20. The number of nitro benzene ring substituents is 1. The zero-order valence-electron chi connectivity index (χ0n) is 15.0. The molecule has 0 spiro atoms. The fourth-order valence-corrected chi connectivity index (χ4v) is 2.66. The van der Waals surface area contributed by atoms with E-state index in [0.717, 1.165) is 12.5 Å². The van der Waals surface area contributed by atoms with Crippen LogP contribution in [-0.2, 0) is 4.79 Å². The Morgan fingerprint density at radius 3 is 2.46 bits per heavy atom. The maximum atomic E-state index is 12.5. The molecule has 0 radical (unpaired) electrons. The highest BCUT2D eigenvalue weighted by atomic mass is 35.5. The standard InChI is InChI=1S/C19H19ClN2O6/c1-2-9-28-14-6-3-12(4-7-14)16(11-18(23)24)21-19(25)13-5-8-15(20)17(10-13)22(26)27/h3-8,10,16H,2,9,11H2,1H3,(H,21,25)(H,23,24)/p-1/t16-/m1/s1. The van der Waals surface area contributed by atoms with Crippen LogP contribution in [0.25, 0.3) is 0 Å². The lowest BCUT2D eigenvalue weighted by molar-refractivity contribution is -0.384. The minimum Gasteiger partial charge on any atom is -0.550 e. The fourth-order valence-electron chi connectivity index (χ4n) is 2.47. The first-order valence-corrected chi connectivity index (χ1v) is 8.87. The summed E-state index contributed by atoms with van der Waals surface area (Å²) in [5.74, 6) is -1.39. The van der Waals surface area contributed by atoms with Crippen molar-refractivity contribution in [2.45, 2.75) is 25.8 Å². The van der Waals surface area contributed by atoms with Crippen LogP contribution in [0.2, 0.25) is 5.02 Å². The van der Waals surface area contributed by atoms with Crippen LogP contribution < -0.4 is 15.2 Å². The van der Waals surface area contributed by atoms with Gasteiger partial charge in [-0.3, -0.25) is 14.9 Å². The molecule has 2 aromatic rings. The lowest BCUT2D eigenvalue weighted by Gasteiger charge is -2.20. The minimum absolute atomic E-state index is 0.0117. The summed E-state index contributed by atoms with van der Waals surface area (Å²) >= 11 is 5.75. The number of benzene rings is 2. The first-order valence-electron chi connectivity index (χ1n) is 8.49. The smallest absolute Gasteiger partial charge is 0.288 e. The maximum Gasteiger partial charge on any atom is 0.288 e. The summed E-state index contributed by atoms with van der Waals surface area (Å²) in [6, 6.07) is 9.35. The van der Waals surface area contributed by atoms with Crippen molar-refractivity contribution >= 4 is 29.2 Å². The first-order chi connectivity index (χ1) is 13.3. The lowest BCUT2D eigenvalue weighted by atomic mass is 10.0. The highest BCUT2D eigenvalue weighted by molar-refractivity contribution is 6.32. The van der Waals surface area contributed by atoms with Gasteiger partial charge in [0, 0.05) is 24.0 Å². The number of carbonyl (C=O) groups excluding carboxylic acids is 2. The average molecular weight is 406 g/mol. The van der Waals surface area contributed by atoms with Gasteiger partial charge in [-0.15, -0.1) is 0 Å². The van der Waals surface area contributed by atoms with Crippen LogP contribution in [0.4, 0.5) is 5.69 Å². The third kappa shape index (κ3) is 5.68. The van der Waals surface area contributed by atoms with Gasteiger partial charge in [0.2, 0.25) is 0 Å². The molecule has 1 N–H and O–H groups in total. The second-order valence-corrected chi connectivity index (χ2v) is 6.35. The molecule has 0 saturated heterocycles. The molecule has 0 heterocycles. The van der Waals surface area contributed by atoms with Crippen LogP contribution >= 0.6 is 11.6 Å². The molecule has 148 valence electrons. The number of nitrogens with zero attached hydrogens (tertiary/aromatic N) is 1. The Hall–Kier alpha value is -3.13. The number of ether oxygens (including phenoxy) is 1. The van der Waals surface area contributed by atoms with Gasteiger partial charge >= 0.3 is 0 Å². The molecule has 1 atom stereocenters. The summed E-state index contributed by atoms with van der Waals surface area (Å²) < 4.78 is 5.48. The Balaban J connectivity index is 2.22. The number of hydrogen-bond donors (Lipinski definition) is 1. The largest absolute Gasteiger partial charge is 0.550 e. The average Bonchev–Trinajstić information content (AvgIpc) is 2.66. The monoisotopic (exact) mass is 405 g/mol. The van der Waals surface area contributed by atoms with Crippen LogP contribution in [0, 0.1) is 10.1 Å². The van der Waals surface area contributed by atoms with Crippen molar-refractivity contribution in [2.75, 3.05) is 6.61 Å². The van der Waals surface area contributed by atoms with E-state index < -0.39 is 34.9 Å². The highest BCUT2D eigenvalue weighted by Crippen LogP contribution is 2.26. The predicted molar refractivity (Wildman–Crippen MR) is 100 cm³/mol. The number of nitro groups is 1. The molecular formula is C19H18ClN2O6-. The van der Waals surface area contributed by atoms with Crippen molar-refractivity contribution in [2.24, 2.45) is 0 Å². The summed E-state index contributed by atoms with van der Waals surface area (Å²) in [7, 11) is 0. The number of nitrogens with one attached hydrogen (secondary N) is 1. The Morgan fingerprint density at radius 2 is 1.89 bits per heavy atom. The third-order valence-electron chi connectivity index (χ3n) is 3.84. The number of carbonyl (C=O) groups is 2. The molecule has 1 amide bonds. The van der Waals surface area contributed by atoms with E-state index in [1.54, 1.807) is 24.3 Å². The van der Waals surface area contributed by atoms with Gasteiger partial charge in [-0.2, -0.15) is 0 Å². The van der Waals surface area contributed by atoms with Gasteiger partial charge in [0.15, 0.2) is 0 Å². The molecule has 0 aliphatic carbocycles. The van der Waals surface area contributed by atoms with Gasteiger partial charge in [0.05, 0.1) is 17.6 Å². The van der Waals surface area contributed by atoms with Gasteiger partial charge in [0.25, 0.3) is 11.6 Å². The van der Waals surface area contributed by atoms with E-state index in [1.807, 2.05) is 6.92 Å². The quantitative estimate of drug-likeness (QED) is 0.505. The van der Waals surface area contributed by atoms with Crippen LogP contribution in [0.5, 0.6) is 5.75 Å². The molecule has 8 nitrogen and oxygen atoms in total. The van der Waals surface area contributed by atoms with Crippen molar-refractivity contribution in [1.29, 1.82) is 0 Å². The van der Waals surface area contributed by atoms with E-state index in [-0.39, 0.29) is 10.6 Å². The van der Waals surface area contributed by atoms with E-state index in [2.05, 4.69) is 5.32 Å². The number of halogens is 1. The fraction of sp³-hybridized carbons (Fsp3) is 0.263. The lowest BCUT2D eigenvalue weighted by Crippen LogP contribution is -2.34. The van der Waals surface area contributed by atoms with Crippen molar-refractivity contribution in [3.05, 3.63) is 68.7 Å². The Kier molecular flexibility index (Phi) is 7.34. The van der Waals surface area contributed by atoms with Crippen molar-refractivity contribution in [1.82, 2.24) is 5.32 Å². The van der Waals surface area contributed by atoms with Crippen molar-refractivity contribution in [3.63, 3.8) is 0 Å². The molecule has 0 aliphatic rings. The van der Waals surface area contributed by atoms with E-state index in [4.69, 9.17) is 16.3 Å².